The maximum Gasteiger partial charge on any atom is 0.155 e. The monoisotopic (exact) mass is 347 g/mol. The molecule has 1 aliphatic heterocycles. The van der Waals surface area contributed by atoms with Gasteiger partial charge in [0.15, 0.2) is 5.84 Å². The van der Waals surface area contributed by atoms with Crippen molar-refractivity contribution in [1.82, 2.24) is 4.90 Å². The molecule has 0 unspecified atom stereocenters. The van der Waals surface area contributed by atoms with Gasteiger partial charge in [-0.25, -0.2) is 0 Å². The summed E-state index contributed by atoms with van der Waals surface area (Å²) in [4.78, 5) is 2.33. The van der Waals surface area contributed by atoms with Crippen LogP contribution < -0.4 is 5.73 Å². The third-order valence-electron chi connectivity index (χ3n) is 4.04. The third-order valence-corrected chi connectivity index (χ3v) is 6.02. The van der Waals surface area contributed by atoms with Gasteiger partial charge in [0.25, 0.3) is 0 Å². The predicted octanol–water partition coefficient (Wildman–Crippen LogP) is 3.44. The molecular formula is C14H19Cl2N3OS. The van der Waals surface area contributed by atoms with Crippen LogP contribution in [0, 0.1) is 0 Å². The highest BCUT2D eigenvalue weighted by molar-refractivity contribution is 8.00. The number of likely N-dealkylation sites (tertiary alicyclic amines) is 1. The van der Waals surface area contributed by atoms with Crippen molar-refractivity contribution in [3.8, 4) is 0 Å². The van der Waals surface area contributed by atoms with E-state index in [1.54, 1.807) is 17.8 Å². The van der Waals surface area contributed by atoms with E-state index in [9.17, 15) is 0 Å². The lowest BCUT2D eigenvalue weighted by atomic mass is 9.94. The maximum absolute atomic E-state index is 8.95. The Morgan fingerprint density at radius 2 is 2.10 bits per heavy atom. The summed E-state index contributed by atoms with van der Waals surface area (Å²) in [7, 11) is 0. The highest BCUT2D eigenvalue weighted by Gasteiger charge is 2.38. The normalized spacial score (nSPS) is 19.7. The van der Waals surface area contributed by atoms with Crippen LogP contribution in [0.1, 0.15) is 18.4 Å². The van der Waals surface area contributed by atoms with Gasteiger partial charge in [0.1, 0.15) is 0 Å². The first-order valence-corrected chi connectivity index (χ1v) is 8.68. The van der Waals surface area contributed by atoms with E-state index >= 15 is 0 Å². The second-order valence-corrected chi connectivity index (χ2v) is 7.23. The lowest BCUT2D eigenvalue weighted by Gasteiger charge is -2.39. The molecule has 21 heavy (non-hydrogen) atoms. The minimum atomic E-state index is -0.255. The van der Waals surface area contributed by atoms with Crippen molar-refractivity contribution in [3.63, 3.8) is 0 Å². The van der Waals surface area contributed by atoms with Crippen molar-refractivity contribution in [1.29, 1.82) is 0 Å². The fraction of sp³-hybridized carbons (Fsp3) is 0.500. The maximum atomic E-state index is 8.95. The number of piperidine rings is 1. The van der Waals surface area contributed by atoms with Gasteiger partial charge in [-0.15, -0.1) is 0 Å². The topological polar surface area (TPSA) is 61.9 Å². The molecule has 0 bridgehead atoms. The molecular weight excluding hydrogens is 329 g/mol. The highest BCUT2D eigenvalue weighted by Crippen LogP contribution is 2.35. The van der Waals surface area contributed by atoms with E-state index in [-0.39, 0.29) is 4.75 Å². The summed E-state index contributed by atoms with van der Waals surface area (Å²) in [5.41, 5.74) is 6.93. The summed E-state index contributed by atoms with van der Waals surface area (Å²) in [6.07, 6.45) is 3.72. The molecule has 1 aromatic rings. The van der Waals surface area contributed by atoms with Crippen molar-refractivity contribution in [3.05, 3.63) is 33.8 Å². The van der Waals surface area contributed by atoms with Gasteiger partial charge in [-0.2, -0.15) is 11.8 Å². The standard InChI is InChI=1S/C14H19Cl2N3OS/c1-21-14(13(17)18-20)4-6-19(7-5-14)9-10-2-3-11(15)8-12(10)16/h2-3,8,20H,4-7,9H2,1H3,(H2,17,18). The van der Waals surface area contributed by atoms with Crippen LogP contribution in [0.2, 0.25) is 10.0 Å². The first-order chi connectivity index (χ1) is 10.0. The molecule has 2 rings (SSSR count). The molecule has 0 radical (unpaired) electrons. The van der Waals surface area contributed by atoms with Gasteiger partial charge in [0.05, 0.1) is 4.75 Å². The minimum Gasteiger partial charge on any atom is -0.409 e. The second kappa shape index (κ2) is 7.09. The Morgan fingerprint density at radius 3 is 2.62 bits per heavy atom. The van der Waals surface area contributed by atoms with Crippen molar-refractivity contribution < 1.29 is 5.21 Å². The highest BCUT2D eigenvalue weighted by atomic mass is 35.5. The van der Waals surface area contributed by atoms with Gasteiger partial charge >= 0.3 is 0 Å². The summed E-state index contributed by atoms with van der Waals surface area (Å²) in [6.45, 7) is 2.56. The molecule has 1 aromatic carbocycles. The van der Waals surface area contributed by atoms with Crippen LogP contribution in [0.15, 0.2) is 23.4 Å². The lowest BCUT2D eigenvalue weighted by Crippen LogP contribution is -2.49. The number of amidine groups is 1. The number of rotatable bonds is 4. The zero-order valence-corrected chi connectivity index (χ0v) is 14.2. The van der Waals surface area contributed by atoms with Crippen LogP contribution in [0.25, 0.3) is 0 Å². The Morgan fingerprint density at radius 1 is 1.43 bits per heavy atom. The van der Waals surface area contributed by atoms with Crippen molar-refractivity contribution in [2.75, 3.05) is 19.3 Å². The zero-order chi connectivity index (χ0) is 15.5. The van der Waals surface area contributed by atoms with Crippen molar-refractivity contribution >= 4 is 40.8 Å². The van der Waals surface area contributed by atoms with Crippen LogP contribution >= 0.6 is 35.0 Å². The van der Waals surface area contributed by atoms with Gasteiger partial charge in [0, 0.05) is 29.7 Å². The van der Waals surface area contributed by atoms with E-state index < -0.39 is 0 Å². The quantitative estimate of drug-likeness (QED) is 0.379. The number of nitrogens with two attached hydrogens (primary N) is 1. The first kappa shape index (κ1) is 16.7. The smallest absolute Gasteiger partial charge is 0.155 e. The second-order valence-electron chi connectivity index (χ2n) is 5.20. The fourth-order valence-corrected chi connectivity index (χ4v) is 3.93. The molecule has 0 amide bonds. The lowest BCUT2D eigenvalue weighted by molar-refractivity contribution is 0.209. The van der Waals surface area contributed by atoms with Gasteiger partial charge in [-0.1, -0.05) is 34.4 Å². The van der Waals surface area contributed by atoms with E-state index in [0.29, 0.717) is 15.9 Å². The molecule has 1 aliphatic rings. The molecule has 0 atom stereocenters. The molecule has 0 spiro atoms. The molecule has 0 saturated carbocycles. The Kier molecular flexibility index (Phi) is 5.66. The summed E-state index contributed by atoms with van der Waals surface area (Å²) < 4.78 is -0.255. The molecule has 0 aliphatic carbocycles. The van der Waals surface area contributed by atoms with Gasteiger partial charge < -0.3 is 10.9 Å². The largest absolute Gasteiger partial charge is 0.409 e. The van der Waals surface area contributed by atoms with E-state index in [4.69, 9.17) is 34.1 Å². The number of nitrogens with zero attached hydrogens (tertiary/aromatic N) is 2. The molecule has 1 heterocycles. The van der Waals surface area contributed by atoms with E-state index in [0.717, 1.165) is 38.0 Å². The molecule has 3 N–H and O–H groups in total. The number of oxime groups is 1. The summed E-state index contributed by atoms with van der Waals surface area (Å²) in [5.74, 6) is 0.319. The number of thioether (sulfide) groups is 1. The van der Waals surface area contributed by atoms with Crippen molar-refractivity contribution in [2.45, 2.75) is 24.1 Å². The number of hydrogen-bond acceptors (Lipinski definition) is 4. The first-order valence-electron chi connectivity index (χ1n) is 6.70. The van der Waals surface area contributed by atoms with E-state index in [1.807, 2.05) is 18.4 Å². The van der Waals surface area contributed by atoms with Crippen LogP contribution in [0.4, 0.5) is 0 Å². The number of benzene rings is 1. The summed E-state index contributed by atoms with van der Waals surface area (Å²) in [6, 6.07) is 5.59. The molecule has 116 valence electrons. The van der Waals surface area contributed by atoms with Crippen LogP contribution in [0.3, 0.4) is 0 Å². The fourth-order valence-electron chi connectivity index (χ4n) is 2.62. The van der Waals surface area contributed by atoms with Crippen LogP contribution in [0.5, 0.6) is 0 Å². The Balaban J connectivity index is 2.01. The summed E-state index contributed by atoms with van der Waals surface area (Å²) in [5, 5.41) is 13.5. The Labute approximate surface area is 139 Å². The average molecular weight is 348 g/mol. The van der Waals surface area contributed by atoms with Gasteiger partial charge in [0.2, 0.25) is 0 Å². The zero-order valence-electron chi connectivity index (χ0n) is 11.9. The molecule has 7 heteroatoms. The Hall–Kier alpha value is -0.620. The molecule has 0 aromatic heterocycles. The molecule has 1 fully saturated rings. The average Bonchev–Trinajstić information content (AvgIpc) is 2.50. The minimum absolute atomic E-state index is 0.255. The van der Waals surface area contributed by atoms with Gasteiger partial charge in [-0.3, -0.25) is 4.90 Å². The van der Waals surface area contributed by atoms with Crippen LogP contribution in [-0.4, -0.2) is 40.0 Å². The van der Waals surface area contributed by atoms with Gasteiger partial charge in [-0.05, 0) is 36.8 Å². The number of hydrogen-bond donors (Lipinski definition) is 2. The Bertz CT molecular complexity index is 531. The number of halogens is 2. The van der Waals surface area contributed by atoms with E-state index in [1.165, 1.54) is 0 Å². The third kappa shape index (κ3) is 3.77. The van der Waals surface area contributed by atoms with Crippen molar-refractivity contribution in [2.24, 2.45) is 10.9 Å². The predicted molar refractivity (Wildman–Crippen MR) is 90.6 cm³/mol. The summed E-state index contributed by atoms with van der Waals surface area (Å²) >= 11 is 13.8. The van der Waals surface area contributed by atoms with Crippen LogP contribution in [-0.2, 0) is 6.54 Å². The molecule has 1 saturated heterocycles. The SMILES string of the molecule is CSC1(C(N)=NO)CCN(Cc2ccc(Cl)cc2Cl)CC1. The van der Waals surface area contributed by atoms with E-state index in [2.05, 4.69) is 10.1 Å². The molecule has 4 nitrogen and oxygen atoms in total.